The van der Waals surface area contributed by atoms with Gasteiger partial charge in [0.1, 0.15) is 30.2 Å². The van der Waals surface area contributed by atoms with E-state index in [1.54, 1.807) is 18.2 Å². The van der Waals surface area contributed by atoms with Crippen molar-refractivity contribution < 1.29 is 22.1 Å². The van der Waals surface area contributed by atoms with E-state index < -0.39 is 10.0 Å². The highest BCUT2D eigenvalue weighted by molar-refractivity contribution is 7.88. The summed E-state index contributed by atoms with van der Waals surface area (Å²) in [5.74, 6) is 0.644. The molecule has 0 bridgehead atoms. The fraction of sp³-hybridized carbons (Fsp3) is 0.474. The molecule has 1 fully saturated rings. The van der Waals surface area contributed by atoms with E-state index in [4.69, 9.17) is 9.26 Å². The molecule has 2 aromatic rings. The smallest absolute Gasteiger partial charge is 0.220 e. The number of hydrogen-bond donors (Lipinski definition) is 1. The van der Waals surface area contributed by atoms with Gasteiger partial charge in [-0.3, -0.25) is 0 Å². The molecule has 1 aromatic carbocycles. The summed E-state index contributed by atoms with van der Waals surface area (Å²) in [6.07, 6.45) is 1.36. The Bertz CT molecular complexity index is 928. The van der Waals surface area contributed by atoms with Crippen LogP contribution in [0.15, 0.2) is 46.1 Å². The number of ether oxygens (including phenoxy) is 1. The second kappa shape index (κ2) is 10.4. The zero-order valence-electron chi connectivity index (χ0n) is 16.8. The number of benzene rings is 1. The number of guanidine groups is 1. The van der Waals surface area contributed by atoms with Gasteiger partial charge in [0.2, 0.25) is 10.0 Å². The van der Waals surface area contributed by atoms with Crippen LogP contribution in [0.25, 0.3) is 0 Å². The molecule has 164 valence electrons. The minimum absolute atomic E-state index is 0.172. The lowest BCUT2D eigenvalue weighted by atomic mass is 10.3. The zero-order valence-corrected chi connectivity index (χ0v) is 17.6. The van der Waals surface area contributed by atoms with Crippen LogP contribution in [-0.4, -0.2) is 74.6 Å². The molecule has 1 aliphatic heterocycles. The van der Waals surface area contributed by atoms with Gasteiger partial charge in [0.05, 0.1) is 12.2 Å². The van der Waals surface area contributed by atoms with Gasteiger partial charge in [0.15, 0.2) is 5.96 Å². The van der Waals surface area contributed by atoms with Crippen LogP contribution in [-0.2, 0) is 15.8 Å². The van der Waals surface area contributed by atoms with E-state index in [9.17, 15) is 12.8 Å². The predicted octanol–water partition coefficient (Wildman–Crippen LogP) is 1.31. The van der Waals surface area contributed by atoms with Crippen molar-refractivity contribution in [3.63, 3.8) is 0 Å². The number of hydrogen-bond acceptors (Lipinski definition) is 6. The van der Waals surface area contributed by atoms with Crippen molar-refractivity contribution >= 4 is 16.0 Å². The summed E-state index contributed by atoms with van der Waals surface area (Å²) in [5, 5.41) is 6.90. The Morgan fingerprint density at radius 1 is 1.30 bits per heavy atom. The van der Waals surface area contributed by atoms with Crippen molar-refractivity contribution in [1.29, 1.82) is 0 Å². The first-order valence-corrected chi connectivity index (χ1v) is 11.4. The lowest BCUT2D eigenvalue weighted by Gasteiger charge is -2.35. The predicted molar refractivity (Wildman–Crippen MR) is 110 cm³/mol. The van der Waals surface area contributed by atoms with Crippen molar-refractivity contribution in [1.82, 2.24) is 19.7 Å². The molecule has 9 nitrogen and oxygen atoms in total. The number of aromatic nitrogens is 1. The molecule has 11 heteroatoms. The van der Waals surface area contributed by atoms with Gasteiger partial charge in [0, 0.05) is 44.9 Å². The lowest BCUT2D eigenvalue weighted by Crippen LogP contribution is -2.54. The van der Waals surface area contributed by atoms with Gasteiger partial charge in [0.25, 0.3) is 0 Å². The number of aliphatic imine (C=N–C) groups is 1. The van der Waals surface area contributed by atoms with E-state index in [2.05, 4.69) is 15.5 Å². The minimum Gasteiger partial charge on any atom is -0.492 e. The first kappa shape index (κ1) is 22.0. The van der Waals surface area contributed by atoms with E-state index in [1.165, 1.54) is 22.7 Å². The van der Waals surface area contributed by atoms with E-state index in [-0.39, 0.29) is 11.6 Å². The molecule has 0 unspecified atom stereocenters. The SMILES string of the molecule is CCNC(=NCCOc1cccc(F)c1)N1CCN(S(=O)(=O)Cc2ccon2)CC1. The molecule has 0 atom stereocenters. The molecular formula is C19H26FN5O4S. The summed E-state index contributed by atoms with van der Waals surface area (Å²) in [6.45, 7) is 5.14. The van der Waals surface area contributed by atoms with Gasteiger partial charge >= 0.3 is 0 Å². The van der Waals surface area contributed by atoms with Gasteiger partial charge in [-0.15, -0.1) is 0 Å². The van der Waals surface area contributed by atoms with Crippen LogP contribution in [0.1, 0.15) is 12.6 Å². The Labute approximate surface area is 175 Å². The maximum atomic E-state index is 13.2. The van der Waals surface area contributed by atoms with Crippen molar-refractivity contribution in [3.05, 3.63) is 48.1 Å². The molecule has 1 aliphatic rings. The Balaban J connectivity index is 1.51. The maximum Gasteiger partial charge on any atom is 0.220 e. The number of piperazine rings is 1. The molecule has 1 N–H and O–H groups in total. The average Bonchev–Trinajstić information content (AvgIpc) is 3.23. The molecule has 0 aliphatic carbocycles. The van der Waals surface area contributed by atoms with Crippen molar-refractivity contribution in [2.24, 2.45) is 4.99 Å². The summed E-state index contributed by atoms with van der Waals surface area (Å²) in [6, 6.07) is 7.52. The fourth-order valence-corrected chi connectivity index (χ4v) is 4.49. The van der Waals surface area contributed by atoms with Gasteiger partial charge in [-0.1, -0.05) is 11.2 Å². The topological polar surface area (TPSA) is 100 Å². The maximum absolute atomic E-state index is 13.2. The Hall–Kier alpha value is -2.66. The van der Waals surface area contributed by atoms with Crippen LogP contribution in [0, 0.1) is 5.82 Å². The number of sulfonamides is 1. The Kier molecular flexibility index (Phi) is 7.63. The van der Waals surface area contributed by atoms with Gasteiger partial charge in [-0.05, 0) is 19.1 Å². The van der Waals surface area contributed by atoms with E-state index in [1.807, 2.05) is 11.8 Å². The van der Waals surface area contributed by atoms with Crippen LogP contribution in [0.5, 0.6) is 5.75 Å². The third-order valence-corrected chi connectivity index (χ3v) is 6.32. The van der Waals surface area contributed by atoms with E-state index in [0.717, 1.165) is 0 Å². The third-order valence-electron chi connectivity index (χ3n) is 4.51. The Morgan fingerprint density at radius 3 is 2.77 bits per heavy atom. The molecule has 30 heavy (non-hydrogen) atoms. The molecule has 0 saturated carbocycles. The molecule has 1 aromatic heterocycles. The molecule has 0 spiro atoms. The second-order valence-electron chi connectivity index (χ2n) is 6.67. The lowest BCUT2D eigenvalue weighted by molar-refractivity contribution is 0.259. The normalized spacial score (nSPS) is 15.9. The van der Waals surface area contributed by atoms with E-state index >= 15 is 0 Å². The molecular weight excluding hydrogens is 413 g/mol. The first-order chi connectivity index (χ1) is 14.5. The summed E-state index contributed by atoms with van der Waals surface area (Å²) in [7, 11) is -3.45. The minimum atomic E-state index is -3.45. The monoisotopic (exact) mass is 439 g/mol. The number of nitrogens with one attached hydrogen (secondary N) is 1. The van der Waals surface area contributed by atoms with Crippen molar-refractivity contribution in [2.45, 2.75) is 12.7 Å². The number of rotatable bonds is 8. The molecule has 3 rings (SSSR count). The highest BCUT2D eigenvalue weighted by atomic mass is 32.2. The van der Waals surface area contributed by atoms with Crippen LogP contribution in [0.4, 0.5) is 4.39 Å². The number of halogens is 1. The molecule has 2 heterocycles. The summed E-state index contributed by atoms with van der Waals surface area (Å²) in [4.78, 5) is 6.57. The third kappa shape index (κ3) is 6.17. The molecule has 1 saturated heterocycles. The van der Waals surface area contributed by atoms with Crippen LogP contribution >= 0.6 is 0 Å². The largest absolute Gasteiger partial charge is 0.492 e. The van der Waals surface area contributed by atoms with Gasteiger partial charge in [-0.2, -0.15) is 4.31 Å². The van der Waals surface area contributed by atoms with Crippen molar-refractivity contribution in [3.8, 4) is 5.75 Å². The van der Waals surface area contributed by atoms with Gasteiger partial charge < -0.3 is 19.5 Å². The molecule has 0 amide bonds. The quantitative estimate of drug-likeness (QED) is 0.376. The van der Waals surface area contributed by atoms with Crippen LogP contribution in [0.3, 0.4) is 0 Å². The number of nitrogens with zero attached hydrogens (tertiary/aromatic N) is 4. The second-order valence-corrected chi connectivity index (χ2v) is 8.64. The highest BCUT2D eigenvalue weighted by Crippen LogP contribution is 2.13. The summed E-state index contributed by atoms with van der Waals surface area (Å²) >= 11 is 0. The van der Waals surface area contributed by atoms with Crippen LogP contribution < -0.4 is 10.1 Å². The van der Waals surface area contributed by atoms with Crippen LogP contribution in [0.2, 0.25) is 0 Å². The fourth-order valence-electron chi connectivity index (χ4n) is 3.07. The summed E-state index contributed by atoms with van der Waals surface area (Å²) in [5.41, 5.74) is 0.394. The summed E-state index contributed by atoms with van der Waals surface area (Å²) < 4.78 is 50.0. The standard InChI is InChI=1S/C19H26FN5O4S/c1-2-21-19(22-7-13-28-18-5-3-4-16(20)14-18)24-8-10-25(11-9-24)30(26,27)15-17-6-12-29-23-17/h3-6,12,14H,2,7-11,13,15H2,1H3,(H,21,22). The zero-order chi connectivity index (χ0) is 21.4. The Morgan fingerprint density at radius 2 is 2.10 bits per heavy atom. The average molecular weight is 440 g/mol. The van der Waals surface area contributed by atoms with Crippen molar-refractivity contribution in [2.75, 3.05) is 45.9 Å². The van der Waals surface area contributed by atoms with E-state index in [0.29, 0.717) is 63.3 Å². The first-order valence-electron chi connectivity index (χ1n) is 9.76. The molecule has 0 radical (unpaired) electrons. The van der Waals surface area contributed by atoms with Gasteiger partial charge in [-0.25, -0.2) is 17.8 Å². The highest BCUT2D eigenvalue weighted by Gasteiger charge is 2.28.